The Bertz CT molecular complexity index is 1710. The summed E-state index contributed by atoms with van der Waals surface area (Å²) >= 11 is 0. The molecule has 0 aliphatic carbocycles. The average Bonchev–Trinajstić information content (AvgIpc) is 3.29. The Morgan fingerprint density at radius 3 is 2.59 bits per heavy atom. The van der Waals surface area contributed by atoms with Crippen LogP contribution in [0.3, 0.4) is 0 Å². The van der Waals surface area contributed by atoms with E-state index in [4.69, 9.17) is 5.73 Å². The van der Waals surface area contributed by atoms with E-state index in [1.165, 1.54) is 30.7 Å². The standard InChI is InChI=1S/C29H25FN8O/c1-17(20-7-9-22(30)10-8-20)37-29(39)23-11-19(12-31)14-34-27(23)33-13-18-3-5-21(6-4-18)24-15-38(2)28-25(24)26(32)35-16-36-28/h3-11,14-17H,13H2,1-2H3,(H,33,34)(H,37,39)(H2,32,35,36)/t17-/m0/s1. The van der Waals surface area contributed by atoms with Crippen LogP contribution < -0.4 is 16.4 Å². The van der Waals surface area contributed by atoms with Gasteiger partial charge in [-0.3, -0.25) is 4.79 Å². The number of benzene rings is 2. The number of nitrogens with one attached hydrogen (secondary N) is 2. The number of carbonyl (C=O) groups is 1. The van der Waals surface area contributed by atoms with Crippen molar-refractivity contribution in [3.8, 4) is 17.2 Å². The lowest BCUT2D eigenvalue weighted by Gasteiger charge is -2.16. The maximum atomic E-state index is 13.3. The Labute approximate surface area is 224 Å². The topological polar surface area (TPSA) is 135 Å². The molecule has 0 fully saturated rings. The van der Waals surface area contributed by atoms with Gasteiger partial charge in [-0.05, 0) is 41.8 Å². The molecule has 3 heterocycles. The molecule has 0 aliphatic rings. The van der Waals surface area contributed by atoms with E-state index in [-0.39, 0.29) is 23.0 Å². The molecule has 10 heteroatoms. The van der Waals surface area contributed by atoms with E-state index in [2.05, 4.69) is 25.6 Å². The van der Waals surface area contributed by atoms with E-state index in [0.717, 1.165) is 33.3 Å². The largest absolute Gasteiger partial charge is 0.383 e. The summed E-state index contributed by atoms with van der Waals surface area (Å²) in [7, 11) is 1.91. The molecule has 0 unspecified atom stereocenters. The van der Waals surface area contributed by atoms with Crippen molar-refractivity contribution in [2.24, 2.45) is 7.05 Å². The summed E-state index contributed by atoms with van der Waals surface area (Å²) in [4.78, 5) is 25.9. The Kier molecular flexibility index (Phi) is 6.89. The number of nitrogen functional groups attached to an aromatic ring is 1. The fraction of sp³-hybridized carbons (Fsp3) is 0.138. The maximum absolute atomic E-state index is 13.3. The zero-order valence-corrected chi connectivity index (χ0v) is 21.3. The lowest BCUT2D eigenvalue weighted by molar-refractivity contribution is 0.0940. The summed E-state index contributed by atoms with van der Waals surface area (Å²) in [5.41, 5.74) is 11.0. The average molecular weight is 521 g/mol. The first-order valence-electron chi connectivity index (χ1n) is 12.2. The number of nitrogens with two attached hydrogens (primary N) is 1. The van der Waals surface area contributed by atoms with Gasteiger partial charge < -0.3 is 20.9 Å². The Balaban J connectivity index is 1.33. The Hall–Kier alpha value is -5.30. The van der Waals surface area contributed by atoms with Gasteiger partial charge in [0.05, 0.1) is 22.6 Å². The van der Waals surface area contributed by atoms with Crippen molar-refractivity contribution in [3.63, 3.8) is 0 Å². The van der Waals surface area contributed by atoms with E-state index in [0.29, 0.717) is 18.2 Å². The highest BCUT2D eigenvalue weighted by Gasteiger charge is 2.18. The van der Waals surface area contributed by atoms with E-state index < -0.39 is 5.91 Å². The van der Waals surface area contributed by atoms with E-state index in [1.807, 2.05) is 48.1 Å². The fourth-order valence-electron chi connectivity index (χ4n) is 4.39. The predicted octanol–water partition coefficient (Wildman–Crippen LogP) is 4.73. The minimum absolute atomic E-state index is 0.242. The smallest absolute Gasteiger partial charge is 0.255 e. The predicted molar refractivity (Wildman–Crippen MR) is 147 cm³/mol. The molecule has 0 saturated carbocycles. The van der Waals surface area contributed by atoms with Gasteiger partial charge in [0, 0.05) is 31.5 Å². The summed E-state index contributed by atoms with van der Waals surface area (Å²) in [5, 5.41) is 16.2. The highest BCUT2D eigenvalue weighted by molar-refractivity contribution is 6.01. The van der Waals surface area contributed by atoms with Crippen LogP contribution in [-0.2, 0) is 13.6 Å². The number of nitrogens with zero attached hydrogens (tertiary/aromatic N) is 5. The molecule has 5 rings (SSSR count). The molecule has 39 heavy (non-hydrogen) atoms. The molecule has 1 atom stereocenters. The molecule has 0 aliphatic heterocycles. The van der Waals surface area contributed by atoms with Crippen LogP contribution in [0.4, 0.5) is 16.0 Å². The number of halogens is 1. The number of fused-ring (bicyclic) bond motifs is 1. The fourth-order valence-corrected chi connectivity index (χ4v) is 4.39. The molecule has 3 aromatic heterocycles. The van der Waals surface area contributed by atoms with Gasteiger partial charge in [-0.25, -0.2) is 19.3 Å². The molecule has 4 N–H and O–H groups in total. The lowest BCUT2D eigenvalue weighted by atomic mass is 10.0. The van der Waals surface area contributed by atoms with Gasteiger partial charge in [0.15, 0.2) is 0 Å². The van der Waals surface area contributed by atoms with Crippen molar-refractivity contribution >= 4 is 28.6 Å². The van der Waals surface area contributed by atoms with Crippen molar-refractivity contribution in [1.82, 2.24) is 24.8 Å². The van der Waals surface area contributed by atoms with Gasteiger partial charge in [-0.2, -0.15) is 5.26 Å². The van der Waals surface area contributed by atoms with Gasteiger partial charge in [0.2, 0.25) is 0 Å². The third kappa shape index (κ3) is 5.24. The van der Waals surface area contributed by atoms with Crippen molar-refractivity contribution in [2.75, 3.05) is 11.1 Å². The minimum atomic E-state index is -0.398. The Morgan fingerprint density at radius 1 is 1.13 bits per heavy atom. The summed E-state index contributed by atoms with van der Waals surface area (Å²) in [6, 6.07) is 17.0. The van der Waals surface area contributed by atoms with Gasteiger partial charge in [0.1, 0.15) is 35.5 Å². The van der Waals surface area contributed by atoms with Gasteiger partial charge in [-0.15, -0.1) is 0 Å². The molecule has 2 aromatic carbocycles. The molecule has 9 nitrogen and oxygen atoms in total. The van der Waals surface area contributed by atoms with E-state index in [9.17, 15) is 14.4 Å². The normalized spacial score (nSPS) is 11.6. The van der Waals surface area contributed by atoms with Crippen LogP contribution in [0.25, 0.3) is 22.2 Å². The van der Waals surface area contributed by atoms with Crippen molar-refractivity contribution < 1.29 is 9.18 Å². The maximum Gasteiger partial charge on any atom is 0.255 e. The van der Waals surface area contributed by atoms with Crippen molar-refractivity contribution in [2.45, 2.75) is 19.5 Å². The first kappa shape index (κ1) is 25.4. The monoisotopic (exact) mass is 520 g/mol. The molecular formula is C29H25FN8O. The quantitative estimate of drug-likeness (QED) is 0.282. The number of aromatic nitrogens is 4. The zero-order chi connectivity index (χ0) is 27.5. The molecule has 0 spiro atoms. The number of nitriles is 1. The Morgan fingerprint density at radius 2 is 1.87 bits per heavy atom. The summed E-state index contributed by atoms with van der Waals surface area (Å²) in [5.74, 6) is 0.0247. The molecule has 5 aromatic rings. The third-order valence-electron chi connectivity index (χ3n) is 6.49. The highest BCUT2D eigenvalue weighted by atomic mass is 19.1. The molecule has 1 amide bonds. The van der Waals surface area contributed by atoms with E-state index in [1.54, 1.807) is 19.1 Å². The summed E-state index contributed by atoms with van der Waals surface area (Å²) < 4.78 is 15.2. The van der Waals surface area contributed by atoms with Crippen LogP contribution >= 0.6 is 0 Å². The SMILES string of the molecule is C[C@H](NC(=O)c1cc(C#N)cnc1NCc1ccc(-c2cn(C)c3ncnc(N)c23)cc1)c1ccc(F)cc1. The van der Waals surface area contributed by atoms with Crippen LogP contribution in [0.15, 0.2) is 73.3 Å². The highest BCUT2D eigenvalue weighted by Crippen LogP contribution is 2.32. The van der Waals surface area contributed by atoms with Crippen molar-refractivity contribution in [1.29, 1.82) is 5.26 Å². The second kappa shape index (κ2) is 10.6. The van der Waals surface area contributed by atoms with Crippen LogP contribution in [0.2, 0.25) is 0 Å². The number of amides is 1. The summed E-state index contributed by atoms with van der Waals surface area (Å²) in [6.07, 6.45) is 4.84. The number of aryl methyl sites for hydroxylation is 1. The van der Waals surface area contributed by atoms with E-state index >= 15 is 0 Å². The lowest BCUT2D eigenvalue weighted by Crippen LogP contribution is -2.28. The second-order valence-electron chi connectivity index (χ2n) is 9.14. The third-order valence-corrected chi connectivity index (χ3v) is 6.49. The summed E-state index contributed by atoms with van der Waals surface area (Å²) in [6.45, 7) is 2.20. The first-order chi connectivity index (χ1) is 18.8. The van der Waals surface area contributed by atoms with Crippen LogP contribution in [0.1, 0.15) is 40.0 Å². The zero-order valence-electron chi connectivity index (χ0n) is 21.3. The van der Waals surface area contributed by atoms with Gasteiger partial charge >= 0.3 is 0 Å². The van der Waals surface area contributed by atoms with Gasteiger partial charge in [0.25, 0.3) is 5.91 Å². The number of carbonyl (C=O) groups excluding carboxylic acids is 1. The second-order valence-corrected chi connectivity index (χ2v) is 9.14. The number of hydrogen-bond donors (Lipinski definition) is 3. The molecule has 0 radical (unpaired) electrons. The molecule has 194 valence electrons. The number of anilines is 2. The van der Waals surface area contributed by atoms with Crippen LogP contribution in [0.5, 0.6) is 0 Å². The van der Waals surface area contributed by atoms with Crippen molar-refractivity contribution in [3.05, 3.63) is 101 Å². The van der Waals surface area contributed by atoms with Crippen LogP contribution in [-0.4, -0.2) is 25.4 Å². The molecule has 0 saturated heterocycles. The first-order valence-corrected chi connectivity index (χ1v) is 12.2. The number of pyridine rings is 1. The minimum Gasteiger partial charge on any atom is -0.383 e. The van der Waals surface area contributed by atoms with Gasteiger partial charge in [-0.1, -0.05) is 36.4 Å². The molecule has 0 bridgehead atoms. The molecular weight excluding hydrogens is 495 g/mol. The van der Waals surface area contributed by atoms with Crippen LogP contribution in [0, 0.1) is 17.1 Å². The number of hydrogen-bond acceptors (Lipinski definition) is 7. The number of rotatable bonds is 7.